The fourth-order valence-electron chi connectivity index (χ4n) is 2.87. The van der Waals surface area contributed by atoms with Crippen molar-refractivity contribution in [2.75, 3.05) is 11.9 Å². The average Bonchev–Trinajstić information content (AvgIpc) is 2.60. The van der Waals surface area contributed by atoms with Crippen LogP contribution in [0.3, 0.4) is 0 Å². The maximum Gasteiger partial charge on any atom is 0.311 e. The Morgan fingerprint density at radius 1 is 1.11 bits per heavy atom. The summed E-state index contributed by atoms with van der Waals surface area (Å²) in [5.41, 5.74) is 1.08. The number of anilines is 1. The third-order valence-corrected chi connectivity index (χ3v) is 5.29. The minimum atomic E-state index is -0.645. The molecule has 0 radical (unpaired) electrons. The van der Waals surface area contributed by atoms with Crippen molar-refractivity contribution in [2.45, 2.75) is 66.7 Å². The second kappa shape index (κ2) is 8.24. The van der Waals surface area contributed by atoms with Gasteiger partial charge in [0.2, 0.25) is 5.91 Å². The molecule has 1 aromatic rings. The predicted octanol–water partition coefficient (Wildman–Crippen LogP) is 4.54. The topological polar surface area (TPSA) is 72.5 Å². The Morgan fingerprint density at radius 3 is 2.41 bits per heavy atom. The molecule has 1 N–H and O–H groups in total. The zero-order valence-corrected chi connectivity index (χ0v) is 17.1. The van der Waals surface area contributed by atoms with Crippen molar-refractivity contribution < 1.29 is 19.1 Å². The van der Waals surface area contributed by atoms with Crippen LogP contribution < -0.4 is 5.32 Å². The molecule has 1 aromatic carbocycles. The lowest BCUT2D eigenvalue weighted by Crippen LogP contribution is -2.34. The Balaban J connectivity index is 1.91. The molecular formula is C22H31NO4. The van der Waals surface area contributed by atoms with E-state index >= 15 is 0 Å². The molecule has 2 rings (SSSR count). The SMILES string of the molecule is CCCCOC(=O)C(C)(C)CCC(C)(C)C(=O)Nc1ccc2c(c1)C(=O)C2. The highest BCUT2D eigenvalue weighted by molar-refractivity contribution is 6.08. The molecule has 0 bridgehead atoms. The molecule has 0 spiro atoms. The number of nitrogens with one attached hydrogen (secondary N) is 1. The third-order valence-electron chi connectivity index (χ3n) is 5.29. The Bertz CT molecular complexity index is 734. The molecule has 0 aromatic heterocycles. The molecule has 0 fully saturated rings. The Hall–Kier alpha value is -2.17. The zero-order chi connectivity index (χ0) is 20.2. The maximum absolute atomic E-state index is 12.7. The second-order valence-corrected chi connectivity index (χ2v) is 8.68. The number of carbonyl (C=O) groups is 3. The quantitative estimate of drug-likeness (QED) is 0.509. The van der Waals surface area contributed by atoms with Crippen LogP contribution in [0, 0.1) is 10.8 Å². The van der Waals surface area contributed by atoms with E-state index in [0.29, 0.717) is 37.1 Å². The summed E-state index contributed by atoms with van der Waals surface area (Å²) in [4.78, 5) is 36.6. The van der Waals surface area contributed by atoms with E-state index in [2.05, 4.69) is 12.2 Å². The van der Waals surface area contributed by atoms with Crippen molar-refractivity contribution in [3.05, 3.63) is 29.3 Å². The van der Waals surface area contributed by atoms with E-state index in [0.717, 1.165) is 18.4 Å². The van der Waals surface area contributed by atoms with Crippen molar-refractivity contribution >= 4 is 23.3 Å². The third kappa shape index (κ3) is 5.18. The monoisotopic (exact) mass is 373 g/mol. The molecule has 5 heteroatoms. The fraction of sp³-hybridized carbons (Fsp3) is 0.591. The molecule has 0 saturated heterocycles. The summed E-state index contributed by atoms with van der Waals surface area (Å²) >= 11 is 0. The van der Waals surface area contributed by atoms with Gasteiger partial charge in [0.15, 0.2) is 5.78 Å². The number of carbonyl (C=O) groups excluding carboxylic acids is 3. The van der Waals surface area contributed by atoms with Crippen LogP contribution in [0.15, 0.2) is 18.2 Å². The van der Waals surface area contributed by atoms with Crippen LogP contribution in [0.1, 0.15) is 76.2 Å². The van der Waals surface area contributed by atoms with Crippen LogP contribution in [0.4, 0.5) is 5.69 Å². The summed E-state index contributed by atoms with van der Waals surface area (Å²) in [6.45, 7) is 9.95. The summed E-state index contributed by atoms with van der Waals surface area (Å²) in [6.07, 6.45) is 3.44. The summed E-state index contributed by atoms with van der Waals surface area (Å²) in [6, 6.07) is 5.45. The van der Waals surface area contributed by atoms with Gasteiger partial charge in [0, 0.05) is 23.1 Å². The van der Waals surface area contributed by atoms with Crippen molar-refractivity contribution in [3.63, 3.8) is 0 Å². The number of hydrogen-bond acceptors (Lipinski definition) is 4. The van der Waals surface area contributed by atoms with Crippen LogP contribution in [-0.4, -0.2) is 24.3 Å². The Labute approximate surface area is 161 Å². The van der Waals surface area contributed by atoms with Crippen LogP contribution in [0.25, 0.3) is 0 Å². The van der Waals surface area contributed by atoms with E-state index in [-0.39, 0.29) is 17.7 Å². The Kier molecular flexibility index (Phi) is 6.45. The number of esters is 1. The minimum absolute atomic E-state index is 0.115. The molecule has 1 aliphatic rings. The van der Waals surface area contributed by atoms with Gasteiger partial charge in [-0.1, -0.05) is 33.3 Å². The van der Waals surface area contributed by atoms with Gasteiger partial charge in [0.25, 0.3) is 0 Å². The molecule has 0 aliphatic heterocycles. The molecular weight excluding hydrogens is 342 g/mol. The van der Waals surface area contributed by atoms with Gasteiger partial charge in [-0.2, -0.15) is 0 Å². The largest absolute Gasteiger partial charge is 0.465 e. The molecule has 0 heterocycles. The molecule has 148 valence electrons. The number of Topliss-reactive ketones (excluding diaryl/α,β-unsaturated/α-hetero) is 1. The van der Waals surface area contributed by atoms with Gasteiger partial charge in [-0.25, -0.2) is 0 Å². The number of hydrogen-bond donors (Lipinski definition) is 1. The summed E-state index contributed by atoms with van der Waals surface area (Å²) in [7, 11) is 0. The summed E-state index contributed by atoms with van der Waals surface area (Å²) < 4.78 is 5.34. The lowest BCUT2D eigenvalue weighted by molar-refractivity contribution is -0.155. The molecule has 0 atom stereocenters. The van der Waals surface area contributed by atoms with Crippen LogP contribution in [0.2, 0.25) is 0 Å². The maximum atomic E-state index is 12.7. The van der Waals surface area contributed by atoms with Crippen LogP contribution in [0.5, 0.6) is 0 Å². The van der Waals surface area contributed by atoms with Gasteiger partial charge >= 0.3 is 5.97 Å². The van der Waals surface area contributed by atoms with E-state index in [1.54, 1.807) is 6.07 Å². The average molecular weight is 373 g/mol. The Morgan fingerprint density at radius 2 is 1.78 bits per heavy atom. The van der Waals surface area contributed by atoms with Gasteiger partial charge in [0.1, 0.15) is 0 Å². The second-order valence-electron chi connectivity index (χ2n) is 8.68. The van der Waals surface area contributed by atoms with Gasteiger partial charge < -0.3 is 10.1 Å². The fourth-order valence-corrected chi connectivity index (χ4v) is 2.87. The van der Waals surface area contributed by atoms with Gasteiger partial charge in [-0.15, -0.1) is 0 Å². The standard InChI is InChI=1S/C22H31NO4/c1-6-7-12-27-20(26)22(4,5)11-10-21(2,3)19(25)23-16-9-8-15-13-18(24)17(15)14-16/h8-9,14H,6-7,10-13H2,1-5H3,(H,23,25). The van der Waals surface area contributed by atoms with E-state index in [1.807, 2.05) is 39.8 Å². The number of benzene rings is 1. The number of rotatable bonds is 9. The molecule has 0 unspecified atom stereocenters. The summed E-state index contributed by atoms with van der Waals surface area (Å²) in [5, 5.41) is 2.90. The van der Waals surface area contributed by atoms with Gasteiger partial charge in [-0.3, -0.25) is 14.4 Å². The number of ether oxygens (including phenoxy) is 1. The van der Waals surface area contributed by atoms with E-state index < -0.39 is 10.8 Å². The molecule has 27 heavy (non-hydrogen) atoms. The smallest absolute Gasteiger partial charge is 0.311 e. The number of amides is 1. The van der Waals surface area contributed by atoms with E-state index in [1.165, 1.54) is 0 Å². The first-order valence-electron chi connectivity index (χ1n) is 9.71. The minimum Gasteiger partial charge on any atom is -0.465 e. The lowest BCUT2D eigenvalue weighted by Gasteiger charge is -2.29. The molecule has 0 saturated carbocycles. The first kappa shape index (κ1) is 21.1. The highest BCUT2D eigenvalue weighted by Gasteiger charge is 2.35. The van der Waals surface area contributed by atoms with Crippen molar-refractivity contribution in [1.29, 1.82) is 0 Å². The number of fused-ring (bicyclic) bond motifs is 1. The summed E-state index contributed by atoms with van der Waals surface area (Å²) in [5.74, 6) is -0.221. The highest BCUT2D eigenvalue weighted by atomic mass is 16.5. The zero-order valence-electron chi connectivity index (χ0n) is 17.1. The van der Waals surface area contributed by atoms with Gasteiger partial charge in [0.05, 0.1) is 12.0 Å². The number of unbranched alkanes of at least 4 members (excludes halogenated alkanes) is 1. The van der Waals surface area contributed by atoms with Crippen molar-refractivity contribution in [1.82, 2.24) is 0 Å². The van der Waals surface area contributed by atoms with Gasteiger partial charge in [-0.05, 0) is 50.8 Å². The van der Waals surface area contributed by atoms with Crippen molar-refractivity contribution in [2.24, 2.45) is 10.8 Å². The molecule has 1 amide bonds. The predicted molar refractivity (Wildman–Crippen MR) is 106 cm³/mol. The highest BCUT2D eigenvalue weighted by Crippen LogP contribution is 2.33. The first-order valence-corrected chi connectivity index (χ1v) is 9.71. The van der Waals surface area contributed by atoms with Crippen LogP contribution >= 0.6 is 0 Å². The first-order chi connectivity index (χ1) is 12.6. The lowest BCUT2D eigenvalue weighted by atomic mass is 9.78. The molecule has 5 nitrogen and oxygen atoms in total. The van der Waals surface area contributed by atoms with Crippen LogP contribution in [-0.2, 0) is 20.7 Å². The van der Waals surface area contributed by atoms with Crippen molar-refractivity contribution in [3.8, 4) is 0 Å². The normalized spacial score (nSPS) is 13.6. The molecule has 1 aliphatic carbocycles. The van der Waals surface area contributed by atoms with E-state index in [9.17, 15) is 14.4 Å². The number of ketones is 1. The van der Waals surface area contributed by atoms with E-state index in [4.69, 9.17) is 4.74 Å².